The minimum absolute atomic E-state index is 0.0787. The van der Waals surface area contributed by atoms with Crippen LogP contribution in [0.5, 0.6) is 0 Å². The summed E-state index contributed by atoms with van der Waals surface area (Å²) in [5.41, 5.74) is 3.42. The van der Waals surface area contributed by atoms with Crippen LogP contribution >= 0.6 is 31.9 Å². The summed E-state index contributed by atoms with van der Waals surface area (Å²) >= 11 is 6.87. The lowest BCUT2D eigenvalue weighted by atomic mass is 10.1. The van der Waals surface area contributed by atoms with Crippen molar-refractivity contribution in [1.82, 2.24) is 0 Å². The number of rotatable bonds is 5. The van der Waals surface area contributed by atoms with Gasteiger partial charge in [0, 0.05) is 10.7 Å². The quantitative estimate of drug-likeness (QED) is 0.579. The van der Waals surface area contributed by atoms with Gasteiger partial charge < -0.3 is 4.74 Å². The number of benzene rings is 1. The predicted molar refractivity (Wildman–Crippen MR) is 76.3 cm³/mol. The Morgan fingerprint density at radius 1 is 1.12 bits per heavy atom. The van der Waals surface area contributed by atoms with E-state index in [0.717, 1.165) is 16.2 Å². The SMILES string of the molecule is CC(C)C(=O)OCc1cc(CBr)cc(CBr)c1. The second-order valence-corrected chi connectivity index (χ2v) is 5.31. The van der Waals surface area contributed by atoms with E-state index in [0.29, 0.717) is 6.61 Å². The van der Waals surface area contributed by atoms with Gasteiger partial charge in [0.05, 0.1) is 5.92 Å². The Morgan fingerprint density at radius 3 is 2.00 bits per heavy atom. The molecule has 94 valence electrons. The van der Waals surface area contributed by atoms with Crippen molar-refractivity contribution in [2.24, 2.45) is 5.92 Å². The third-order valence-electron chi connectivity index (χ3n) is 2.27. The molecular formula is C13H16Br2O2. The summed E-state index contributed by atoms with van der Waals surface area (Å²) in [5.74, 6) is -0.236. The van der Waals surface area contributed by atoms with E-state index in [1.54, 1.807) is 0 Å². The highest BCUT2D eigenvalue weighted by Crippen LogP contribution is 2.16. The van der Waals surface area contributed by atoms with Crippen molar-refractivity contribution >= 4 is 37.8 Å². The van der Waals surface area contributed by atoms with Gasteiger partial charge in [-0.25, -0.2) is 0 Å². The van der Waals surface area contributed by atoms with Crippen molar-refractivity contribution in [2.75, 3.05) is 0 Å². The summed E-state index contributed by atoms with van der Waals surface area (Å²) in [6.07, 6.45) is 0. The molecule has 0 atom stereocenters. The van der Waals surface area contributed by atoms with Gasteiger partial charge in [-0.15, -0.1) is 0 Å². The molecule has 1 aromatic rings. The van der Waals surface area contributed by atoms with Gasteiger partial charge in [0.1, 0.15) is 6.61 Å². The Bertz CT molecular complexity index is 367. The fraction of sp³-hybridized carbons (Fsp3) is 0.462. The molecule has 0 heterocycles. The van der Waals surface area contributed by atoms with Gasteiger partial charge in [-0.2, -0.15) is 0 Å². The van der Waals surface area contributed by atoms with E-state index in [1.807, 2.05) is 13.8 Å². The first-order chi connectivity index (χ1) is 8.06. The largest absolute Gasteiger partial charge is 0.461 e. The molecule has 0 aliphatic heterocycles. The average Bonchev–Trinajstić information content (AvgIpc) is 2.35. The van der Waals surface area contributed by atoms with Gasteiger partial charge in [0.15, 0.2) is 0 Å². The highest BCUT2D eigenvalue weighted by molar-refractivity contribution is 9.08. The summed E-state index contributed by atoms with van der Waals surface area (Å²) in [7, 11) is 0. The predicted octanol–water partition coefficient (Wildman–Crippen LogP) is 4.18. The number of esters is 1. The number of hydrogen-bond acceptors (Lipinski definition) is 2. The molecule has 0 bridgehead atoms. The molecule has 0 radical (unpaired) electrons. The van der Waals surface area contributed by atoms with Crippen molar-refractivity contribution < 1.29 is 9.53 Å². The Balaban J connectivity index is 2.73. The molecule has 0 N–H and O–H groups in total. The van der Waals surface area contributed by atoms with Gasteiger partial charge in [0.25, 0.3) is 0 Å². The van der Waals surface area contributed by atoms with Crippen LogP contribution in [0.25, 0.3) is 0 Å². The molecule has 0 spiro atoms. The first kappa shape index (κ1) is 14.7. The Labute approximate surface area is 119 Å². The van der Waals surface area contributed by atoms with E-state index < -0.39 is 0 Å². The van der Waals surface area contributed by atoms with Crippen molar-refractivity contribution in [3.63, 3.8) is 0 Å². The van der Waals surface area contributed by atoms with E-state index in [9.17, 15) is 4.79 Å². The number of ether oxygens (including phenoxy) is 1. The molecule has 17 heavy (non-hydrogen) atoms. The first-order valence-electron chi connectivity index (χ1n) is 5.47. The second-order valence-electron chi connectivity index (χ2n) is 4.19. The van der Waals surface area contributed by atoms with Crippen LogP contribution < -0.4 is 0 Å². The number of hydrogen-bond donors (Lipinski definition) is 0. The van der Waals surface area contributed by atoms with Crippen LogP contribution in [0.15, 0.2) is 18.2 Å². The second kappa shape index (κ2) is 7.17. The third-order valence-corrected chi connectivity index (χ3v) is 3.57. The molecule has 0 unspecified atom stereocenters. The van der Waals surface area contributed by atoms with Crippen molar-refractivity contribution in [3.05, 3.63) is 34.9 Å². The van der Waals surface area contributed by atoms with E-state index in [-0.39, 0.29) is 11.9 Å². The minimum atomic E-state index is -0.158. The molecule has 2 nitrogen and oxygen atoms in total. The lowest BCUT2D eigenvalue weighted by molar-refractivity contribution is -0.148. The number of halogens is 2. The molecule has 0 aromatic heterocycles. The molecule has 0 aliphatic carbocycles. The monoisotopic (exact) mass is 362 g/mol. The van der Waals surface area contributed by atoms with Crippen LogP contribution in [0.2, 0.25) is 0 Å². The zero-order valence-corrected chi connectivity index (χ0v) is 13.2. The van der Waals surface area contributed by atoms with Crippen molar-refractivity contribution in [2.45, 2.75) is 31.1 Å². The van der Waals surface area contributed by atoms with Gasteiger partial charge >= 0.3 is 5.97 Å². The zero-order valence-electron chi connectivity index (χ0n) is 10.0. The highest BCUT2D eigenvalue weighted by atomic mass is 79.9. The van der Waals surface area contributed by atoms with Crippen molar-refractivity contribution in [1.29, 1.82) is 0 Å². The van der Waals surface area contributed by atoms with Crippen molar-refractivity contribution in [3.8, 4) is 0 Å². The van der Waals surface area contributed by atoms with Gasteiger partial charge in [-0.1, -0.05) is 63.9 Å². The molecule has 4 heteroatoms. The Kier molecular flexibility index (Phi) is 6.20. The van der Waals surface area contributed by atoms with Crippen LogP contribution in [-0.4, -0.2) is 5.97 Å². The maximum atomic E-state index is 11.4. The molecule has 0 fully saturated rings. The average molecular weight is 364 g/mol. The zero-order chi connectivity index (χ0) is 12.8. The lowest BCUT2D eigenvalue weighted by Gasteiger charge is -2.09. The minimum Gasteiger partial charge on any atom is -0.461 e. The summed E-state index contributed by atoms with van der Waals surface area (Å²) in [4.78, 5) is 11.4. The third kappa shape index (κ3) is 4.80. The highest BCUT2D eigenvalue weighted by Gasteiger charge is 2.09. The summed E-state index contributed by atoms with van der Waals surface area (Å²) in [6.45, 7) is 4.01. The fourth-order valence-electron chi connectivity index (χ4n) is 1.40. The topological polar surface area (TPSA) is 26.3 Å². The summed E-state index contributed by atoms with van der Waals surface area (Å²) in [5, 5.41) is 1.61. The lowest BCUT2D eigenvalue weighted by Crippen LogP contribution is -2.11. The summed E-state index contributed by atoms with van der Waals surface area (Å²) < 4.78 is 5.22. The molecule has 1 aromatic carbocycles. The molecule has 0 saturated heterocycles. The Morgan fingerprint density at radius 2 is 1.59 bits per heavy atom. The number of carbonyl (C=O) groups excluding carboxylic acids is 1. The normalized spacial score (nSPS) is 10.6. The van der Waals surface area contributed by atoms with E-state index in [2.05, 4.69) is 50.1 Å². The van der Waals surface area contributed by atoms with Crippen LogP contribution in [0.3, 0.4) is 0 Å². The smallest absolute Gasteiger partial charge is 0.308 e. The molecule has 0 amide bonds. The van der Waals surface area contributed by atoms with E-state index in [4.69, 9.17) is 4.74 Å². The number of carbonyl (C=O) groups is 1. The molecule has 1 rings (SSSR count). The number of alkyl halides is 2. The van der Waals surface area contributed by atoms with Gasteiger partial charge in [-0.05, 0) is 16.7 Å². The maximum absolute atomic E-state index is 11.4. The standard InChI is InChI=1S/C13H16Br2O2/c1-9(2)13(16)17-8-12-4-10(6-14)3-11(5-12)7-15/h3-5,9H,6-8H2,1-2H3. The first-order valence-corrected chi connectivity index (χ1v) is 7.71. The fourth-order valence-corrected chi connectivity index (χ4v) is 2.05. The Hall–Kier alpha value is -0.350. The maximum Gasteiger partial charge on any atom is 0.308 e. The van der Waals surface area contributed by atoms with Gasteiger partial charge in [-0.3, -0.25) is 4.79 Å². The van der Waals surface area contributed by atoms with Crippen LogP contribution in [-0.2, 0) is 26.8 Å². The van der Waals surface area contributed by atoms with Crippen LogP contribution in [0.1, 0.15) is 30.5 Å². The van der Waals surface area contributed by atoms with Crippen LogP contribution in [0, 0.1) is 5.92 Å². The van der Waals surface area contributed by atoms with E-state index >= 15 is 0 Å². The summed E-state index contributed by atoms with van der Waals surface area (Å²) in [6, 6.07) is 6.22. The van der Waals surface area contributed by atoms with E-state index in [1.165, 1.54) is 11.1 Å². The molecule has 0 saturated carbocycles. The molecule has 0 aliphatic rings. The van der Waals surface area contributed by atoms with Gasteiger partial charge in [0.2, 0.25) is 0 Å². The molecular weight excluding hydrogens is 348 g/mol. The van der Waals surface area contributed by atoms with Crippen LogP contribution in [0.4, 0.5) is 0 Å².